The van der Waals surface area contributed by atoms with Crippen LogP contribution >= 0.6 is 11.8 Å². The highest BCUT2D eigenvalue weighted by Gasteiger charge is 2.64. The lowest BCUT2D eigenvalue weighted by molar-refractivity contribution is -0.161. The summed E-state index contributed by atoms with van der Waals surface area (Å²) in [5.74, 6) is -1.55. The third-order valence-corrected chi connectivity index (χ3v) is 8.59. The van der Waals surface area contributed by atoms with Crippen molar-refractivity contribution in [1.82, 2.24) is 20.9 Å². The number of carbonyl (C=O) groups excluding carboxylic acids is 2. The fraction of sp³-hybridized carbons (Fsp3) is 0.344. The summed E-state index contributed by atoms with van der Waals surface area (Å²) in [5, 5.41) is 18.6. The zero-order valence-electron chi connectivity index (χ0n) is 23.5. The first-order chi connectivity index (χ1) is 19.8. The van der Waals surface area contributed by atoms with E-state index in [1.165, 1.54) is 27.8 Å². The number of fused-ring (bicyclic) bond motifs is 1. The molecule has 2 amide bonds. The Morgan fingerprint density at radius 2 is 1.27 bits per heavy atom. The SMILES string of the molecule is CC1(C)SC2C(NC(=O)Cc3ccccc3)C(=O)N2C1C(=O)O.c1ccc(CNCCNCc2ccccc2)cc1. The molecule has 3 aromatic rings. The molecule has 2 aliphatic rings. The van der Waals surface area contributed by atoms with E-state index in [1.807, 2.05) is 56.3 Å². The zero-order valence-corrected chi connectivity index (χ0v) is 24.3. The molecule has 0 radical (unpaired) electrons. The Morgan fingerprint density at radius 3 is 1.73 bits per heavy atom. The summed E-state index contributed by atoms with van der Waals surface area (Å²) in [7, 11) is 0. The molecular formula is C32H38N4O4S. The molecule has 0 aromatic heterocycles. The van der Waals surface area contributed by atoms with E-state index in [-0.39, 0.29) is 23.6 Å². The molecule has 2 fully saturated rings. The smallest absolute Gasteiger partial charge is 0.327 e. The van der Waals surface area contributed by atoms with E-state index in [4.69, 9.17) is 0 Å². The fourth-order valence-electron chi connectivity index (χ4n) is 4.99. The molecule has 3 aromatic carbocycles. The van der Waals surface area contributed by atoms with E-state index in [9.17, 15) is 19.5 Å². The molecule has 5 rings (SSSR count). The Labute approximate surface area is 245 Å². The first-order valence-electron chi connectivity index (χ1n) is 13.8. The first-order valence-corrected chi connectivity index (χ1v) is 14.7. The molecule has 4 N–H and O–H groups in total. The highest BCUT2D eigenvalue weighted by atomic mass is 32.2. The van der Waals surface area contributed by atoms with Gasteiger partial charge in [-0.25, -0.2) is 4.79 Å². The molecule has 0 aliphatic carbocycles. The van der Waals surface area contributed by atoms with Gasteiger partial charge in [-0.05, 0) is 30.5 Å². The van der Waals surface area contributed by atoms with Crippen LogP contribution in [0.2, 0.25) is 0 Å². The minimum Gasteiger partial charge on any atom is -0.480 e. The van der Waals surface area contributed by atoms with Crippen molar-refractivity contribution in [2.45, 2.75) is 55.6 Å². The van der Waals surface area contributed by atoms with Crippen molar-refractivity contribution in [3.63, 3.8) is 0 Å². The average Bonchev–Trinajstić information content (AvgIpc) is 3.23. The second-order valence-corrected chi connectivity index (χ2v) is 12.4. The lowest BCUT2D eigenvalue weighted by Crippen LogP contribution is -2.70. The molecule has 41 heavy (non-hydrogen) atoms. The molecule has 0 saturated carbocycles. The highest BCUT2D eigenvalue weighted by Crippen LogP contribution is 2.50. The number of hydrogen-bond acceptors (Lipinski definition) is 6. The van der Waals surface area contributed by atoms with Gasteiger partial charge in [0.1, 0.15) is 17.5 Å². The van der Waals surface area contributed by atoms with Crippen LogP contribution in [-0.4, -0.2) is 63.1 Å². The van der Waals surface area contributed by atoms with E-state index >= 15 is 0 Å². The predicted molar refractivity (Wildman–Crippen MR) is 162 cm³/mol. The standard InChI is InChI=1S/C16H18N2O4S.C16H20N2/c1-16(2)12(15(21)22)18-13(20)11(14(18)23-16)17-10(19)8-9-6-4-3-5-7-9;1-3-7-15(8-4-1)13-17-11-12-18-14-16-9-5-2-6-10-16/h3-7,11-12,14H,8H2,1-2H3,(H,17,19)(H,21,22);1-10,17-18H,11-14H2. The largest absolute Gasteiger partial charge is 0.480 e. The maximum Gasteiger partial charge on any atom is 0.327 e. The van der Waals surface area contributed by atoms with Gasteiger partial charge in [0.05, 0.1) is 6.42 Å². The van der Waals surface area contributed by atoms with Gasteiger partial charge in [0.15, 0.2) is 0 Å². The molecule has 2 saturated heterocycles. The second kappa shape index (κ2) is 14.3. The van der Waals surface area contributed by atoms with Gasteiger partial charge in [0.2, 0.25) is 11.8 Å². The van der Waals surface area contributed by atoms with E-state index < -0.39 is 22.8 Å². The van der Waals surface area contributed by atoms with E-state index in [1.54, 1.807) is 0 Å². The maximum absolute atomic E-state index is 12.3. The lowest BCUT2D eigenvalue weighted by atomic mass is 9.96. The molecule has 0 bridgehead atoms. The van der Waals surface area contributed by atoms with Crippen LogP contribution < -0.4 is 16.0 Å². The Balaban J connectivity index is 0.000000195. The van der Waals surface area contributed by atoms with Crippen LogP contribution in [0.1, 0.15) is 30.5 Å². The topological polar surface area (TPSA) is 111 Å². The summed E-state index contributed by atoms with van der Waals surface area (Å²) in [6.07, 6.45) is 0.202. The molecule has 2 aliphatic heterocycles. The summed E-state index contributed by atoms with van der Waals surface area (Å²) >= 11 is 1.42. The predicted octanol–water partition coefficient (Wildman–Crippen LogP) is 3.43. The molecule has 3 atom stereocenters. The van der Waals surface area contributed by atoms with Gasteiger partial charge in [-0.3, -0.25) is 9.59 Å². The number of carboxylic acid groups (broad SMARTS) is 1. The Kier molecular flexibility index (Phi) is 10.6. The molecule has 8 nitrogen and oxygen atoms in total. The molecule has 3 unspecified atom stereocenters. The third-order valence-electron chi connectivity index (χ3n) is 7.02. The van der Waals surface area contributed by atoms with Crippen LogP contribution in [0.25, 0.3) is 0 Å². The maximum atomic E-state index is 12.3. The molecule has 216 valence electrons. The van der Waals surface area contributed by atoms with Crippen molar-refractivity contribution in [1.29, 1.82) is 0 Å². The number of aliphatic carboxylic acids is 1. The van der Waals surface area contributed by atoms with Crippen LogP contribution in [0.5, 0.6) is 0 Å². The second-order valence-electron chi connectivity index (χ2n) is 10.6. The van der Waals surface area contributed by atoms with Gasteiger partial charge in [-0.15, -0.1) is 11.8 Å². The van der Waals surface area contributed by atoms with Crippen LogP contribution in [0.15, 0.2) is 91.0 Å². The van der Waals surface area contributed by atoms with Crippen molar-refractivity contribution in [2.24, 2.45) is 0 Å². The third kappa shape index (κ3) is 8.19. The molecule has 0 spiro atoms. The number of benzene rings is 3. The van der Waals surface area contributed by atoms with Crippen molar-refractivity contribution in [3.05, 3.63) is 108 Å². The van der Waals surface area contributed by atoms with Gasteiger partial charge in [-0.1, -0.05) is 91.0 Å². The van der Waals surface area contributed by atoms with Crippen LogP contribution in [0.4, 0.5) is 0 Å². The fourth-order valence-corrected chi connectivity index (χ4v) is 6.61. The van der Waals surface area contributed by atoms with Crippen molar-refractivity contribution in [2.75, 3.05) is 13.1 Å². The number of carboxylic acids is 1. The summed E-state index contributed by atoms with van der Waals surface area (Å²) < 4.78 is -0.578. The number of amides is 2. The van der Waals surface area contributed by atoms with Gasteiger partial charge in [-0.2, -0.15) is 0 Å². The van der Waals surface area contributed by atoms with E-state index in [0.717, 1.165) is 31.7 Å². The summed E-state index contributed by atoms with van der Waals surface area (Å²) in [5.41, 5.74) is 3.54. The Hall–Kier alpha value is -3.66. The molecular weight excluding hydrogens is 536 g/mol. The van der Waals surface area contributed by atoms with Gasteiger partial charge >= 0.3 is 5.97 Å². The highest BCUT2D eigenvalue weighted by molar-refractivity contribution is 8.01. The van der Waals surface area contributed by atoms with Crippen molar-refractivity contribution >= 4 is 29.5 Å². The van der Waals surface area contributed by atoms with Crippen molar-refractivity contribution in [3.8, 4) is 0 Å². The van der Waals surface area contributed by atoms with Gasteiger partial charge < -0.3 is 26.0 Å². The quantitative estimate of drug-likeness (QED) is 0.205. The lowest BCUT2D eigenvalue weighted by Gasteiger charge is -2.43. The Morgan fingerprint density at radius 1 is 0.805 bits per heavy atom. The van der Waals surface area contributed by atoms with Crippen LogP contribution in [-0.2, 0) is 33.9 Å². The minimum absolute atomic E-state index is 0.202. The van der Waals surface area contributed by atoms with E-state index in [0.29, 0.717) is 0 Å². The van der Waals surface area contributed by atoms with Crippen LogP contribution in [0.3, 0.4) is 0 Å². The number of hydrogen-bond donors (Lipinski definition) is 4. The summed E-state index contributed by atoms with van der Waals surface area (Å²) in [6, 6.07) is 28.7. The first kappa shape index (κ1) is 30.3. The van der Waals surface area contributed by atoms with Crippen molar-refractivity contribution < 1.29 is 19.5 Å². The summed E-state index contributed by atoms with van der Waals surface area (Å²) in [4.78, 5) is 37.2. The Bertz CT molecular complexity index is 1250. The normalized spacial score (nSPS) is 20.3. The number of nitrogens with one attached hydrogen (secondary N) is 3. The number of thioether (sulfide) groups is 1. The summed E-state index contributed by atoms with van der Waals surface area (Å²) in [6.45, 7) is 7.47. The molecule has 2 heterocycles. The average molecular weight is 575 g/mol. The van der Waals surface area contributed by atoms with Crippen LogP contribution in [0, 0.1) is 0 Å². The van der Waals surface area contributed by atoms with E-state index in [2.05, 4.69) is 64.5 Å². The number of carbonyl (C=O) groups is 3. The monoisotopic (exact) mass is 574 g/mol. The zero-order chi connectivity index (χ0) is 29.2. The number of nitrogens with zero attached hydrogens (tertiary/aromatic N) is 1. The number of β-lactam (4-membered cyclic amide) rings is 1. The number of rotatable bonds is 11. The van der Waals surface area contributed by atoms with Gasteiger partial charge in [0.25, 0.3) is 0 Å². The molecule has 9 heteroatoms. The van der Waals surface area contributed by atoms with Gasteiger partial charge in [0, 0.05) is 30.9 Å². The minimum atomic E-state index is -1.01.